The summed E-state index contributed by atoms with van der Waals surface area (Å²) in [7, 11) is -1.90. The number of allylic oxidation sites excluding steroid dienone is 4. The fraction of sp³-hybridized carbons (Fsp3) is 0.500. The maximum atomic E-state index is 12.5. The van der Waals surface area contributed by atoms with Gasteiger partial charge in [0.1, 0.15) is 0 Å². The van der Waals surface area contributed by atoms with Gasteiger partial charge in [0.2, 0.25) is 15.9 Å². The van der Waals surface area contributed by atoms with E-state index in [2.05, 4.69) is 11.9 Å². The van der Waals surface area contributed by atoms with Gasteiger partial charge in [-0.2, -0.15) is 4.31 Å². The van der Waals surface area contributed by atoms with Crippen molar-refractivity contribution < 1.29 is 13.2 Å². The van der Waals surface area contributed by atoms with Crippen LogP contribution in [0.3, 0.4) is 0 Å². The molecule has 0 aromatic heterocycles. The Labute approximate surface area is 121 Å². The van der Waals surface area contributed by atoms with Crippen molar-refractivity contribution >= 4 is 15.9 Å². The van der Waals surface area contributed by atoms with Crippen molar-refractivity contribution in [2.75, 3.05) is 20.1 Å². The molecule has 1 aliphatic heterocycles. The van der Waals surface area contributed by atoms with Gasteiger partial charge < -0.3 is 5.32 Å². The summed E-state index contributed by atoms with van der Waals surface area (Å²) in [5.74, 6) is -0.114. The summed E-state index contributed by atoms with van der Waals surface area (Å²) in [4.78, 5) is 11.8. The van der Waals surface area contributed by atoms with Gasteiger partial charge in [-0.3, -0.25) is 4.79 Å². The van der Waals surface area contributed by atoms with E-state index >= 15 is 0 Å². The molecule has 1 N–H and O–H groups in total. The third-order valence-corrected chi connectivity index (χ3v) is 5.23. The molecule has 0 radical (unpaired) electrons. The molecule has 0 unspecified atom stereocenters. The maximum absolute atomic E-state index is 12.5. The number of hydrogen-bond acceptors (Lipinski definition) is 3. The highest BCUT2D eigenvalue weighted by Crippen LogP contribution is 2.23. The molecule has 0 atom stereocenters. The number of sulfonamides is 1. The van der Waals surface area contributed by atoms with E-state index in [1.165, 1.54) is 16.5 Å². The first kappa shape index (κ1) is 16.7. The minimum atomic E-state index is -3.50. The van der Waals surface area contributed by atoms with E-state index < -0.39 is 10.0 Å². The van der Waals surface area contributed by atoms with Crippen molar-refractivity contribution in [1.29, 1.82) is 0 Å². The Hall–Kier alpha value is -1.40. The number of nitrogens with zero attached hydrogens (tertiary/aromatic N) is 1. The molecule has 6 heteroatoms. The molecule has 0 spiro atoms. The van der Waals surface area contributed by atoms with E-state index in [4.69, 9.17) is 0 Å². The van der Waals surface area contributed by atoms with Crippen LogP contribution in [0.2, 0.25) is 0 Å². The predicted molar refractivity (Wildman–Crippen MR) is 80.4 cm³/mol. The van der Waals surface area contributed by atoms with Gasteiger partial charge in [-0.1, -0.05) is 18.7 Å². The molecule has 112 valence electrons. The van der Waals surface area contributed by atoms with E-state index in [9.17, 15) is 13.2 Å². The quantitative estimate of drug-likeness (QED) is 0.781. The second-order valence-electron chi connectivity index (χ2n) is 4.60. The molecule has 1 amide bonds. The first-order valence-corrected chi connectivity index (χ1v) is 8.08. The fourth-order valence-corrected chi connectivity index (χ4v) is 3.79. The first-order valence-electron chi connectivity index (χ1n) is 6.64. The number of piperidine rings is 1. The zero-order chi connectivity index (χ0) is 15.2. The fourth-order valence-electron chi connectivity index (χ4n) is 2.22. The lowest BCUT2D eigenvalue weighted by atomic mass is 9.97. The van der Waals surface area contributed by atoms with Crippen LogP contribution in [0.1, 0.15) is 19.8 Å². The molecule has 1 fully saturated rings. The van der Waals surface area contributed by atoms with Crippen LogP contribution in [-0.4, -0.2) is 38.8 Å². The molecular weight excluding hydrogens is 276 g/mol. The molecule has 20 heavy (non-hydrogen) atoms. The van der Waals surface area contributed by atoms with Gasteiger partial charge in [0.15, 0.2) is 0 Å². The lowest BCUT2D eigenvalue weighted by molar-refractivity contribution is -0.125. The standard InChI is InChI=1S/C14H22N2O3S/c1-4-6-13(7-5-2)20(18,19)16-10-8-12(9-11-16)14(17)15-3/h4-7,12H,1,8-11H2,2-3H3,(H,15,17)/b7-5-,13-6+. The van der Waals surface area contributed by atoms with Gasteiger partial charge in [0, 0.05) is 26.1 Å². The summed E-state index contributed by atoms with van der Waals surface area (Å²) in [6.07, 6.45) is 7.29. The number of nitrogens with one attached hydrogen (secondary N) is 1. The molecule has 0 aliphatic carbocycles. The van der Waals surface area contributed by atoms with E-state index in [1.807, 2.05) is 0 Å². The van der Waals surface area contributed by atoms with E-state index in [0.29, 0.717) is 25.9 Å². The van der Waals surface area contributed by atoms with Crippen LogP contribution in [0.4, 0.5) is 0 Å². The summed E-state index contributed by atoms with van der Waals surface area (Å²) in [6.45, 7) is 6.04. The third kappa shape index (κ3) is 3.80. The third-order valence-electron chi connectivity index (χ3n) is 3.32. The van der Waals surface area contributed by atoms with E-state index in [1.54, 1.807) is 26.1 Å². The molecule has 5 nitrogen and oxygen atoms in total. The van der Waals surface area contributed by atoms with Gasteiger partial charge >= 0.3 is 0 Å². The number of carbonyl (C=O) groups is 1. The SMILES string of the molecule is C=C/C=C(\C=C/C)S(=O)(=O)N1CCC(C(=O)NC)CC1. The molecular formula is C14H22N2O3S. The van der Waals surface area contributed by atoms with Crippen LogP contribution in [0.25, 0.3) is 0 Å². The Morgan fingerprint density at radius 3 is 2.40 bits per heavy atom. The predicted octanol–water partition coefficient (Wildman–Crippen LogP) is 1.42. The smallest absolute Gasteiger partial charge is 0.243 e. The zero-order valence-electron chi connectivity index (χ0n) is 12.0. The minimum Gasteiger partial charge on any atom is -0.359 e. The van der Waals surface area contributed by atoms with Gasteiger partial charge in [-0.25, -0.2) is 8.42 Å². The Bertz CT molecular complexity index is 513. The van der Waals surface area contributed by atoms with Crippen molar-refractivity contribution in [1.82, 2.24) is 9.62 Å². The largest absolute Gasteiger partial charge is 0.359 e. The summed E-state index contributed by atoms with van der Waals surface area (Å²) in [6, 6.07) is 0. The number of rotatable bonds is 5. The number of carbonyl (C=O) groups excluding carboxylic acids is 1. The minimum absolute atomic E-state index is 0.0163. The van der Waals surface area contributed by atoms with Crippen molar-refractivity contribution in [3.8, 4) is 0 Å². The number of amides is 1. The van der Waals surface area contributed by atoms with Gasteiger partial charge in [-0.15, -0.1) is 0 Å². The van der Waals surface area contributed by atoms with Crippen LogP contribution in [0.5, 0.6) is 0 Å². The van der Waals surface area contributed by atoms with Crippen LogP contribution in [0, 0.1) is 5.92 Å². The normalized spacial score (nSPS) is 19.2. The van der Waals surface area contributed by atoms with Crippen LogP contribution in [-0.2, 0) is 14.8 Å². The van der Waals surface area contributed by atoms with E-state index in [0.717, 1.165) is 0 Å². The molecule has 0 aromatic carbocycles. The average molecular weight is 298 g/mol. The Kier molecular flexibility index (Phi) is 6.16. The zero-order valence-corrected chi connectivity index (χ0v) is 12.8. The molecule has 1 rings (SSSR count). The first-order chi connectivity index (χ1) is 9.47. The molecule has 1 heterocycles. The lowest BCUT2D eigenvalue weighted by Crippen LogP contribution is -2.42. The average Bonchev–Trinajstić information content (AvgIpc) is 2.46. The van der Waals surface area contributed by atoms with Crippen LogP contribution < -0.4 is 5.32 Å². The second-order valence-corrected chi connectivity index (χ2v) is 6.54. The molecule has 0 aromatic rings. The molecule has 1 saturated heterocycles. The lowest BCUT2D eigenvalue weighted by Gasteiger charge is -2.30. The highest BCUT2D eigenvalue weighted by Gasteiger charge is 2.31. The van der Waals surface area contributed by atoms with E-state index in [-0.39, 0.29) is 16.7 Å². The van der Waals surface area contributed by atoms with Crippen molar-refractivity contribution in [3.05, 3.63) is 35.8 Å². The Balaban J connectivity index is 2.84. The van der Waals surface area contributed by atoms with Crippen LogP contribution >= 0.6 is 0 Å². The molecule has 0 saturated carbocycles. The Morgan fingerprint density at radius 1 is 1.35 bits per heavy atom. The summed E-state index contributed by atoms with van der Waals surface area (Å²) in [5, 5.41) is 2.61. The highest BCUT2D eigenvalue weighted by molar-refractivity contribution is 7.93. The maximum Gasteiger partial charge on any atom is 0.243 e. The van der Waals surface area contributed by atoms with Crippen molar-refractivity contribution in [3.63, 3.8) is 0 Å². The molecule has 1 aliphatic rings. The monoisotopic (exact) mass is 298 g/mol. The van der Waals surface area contributed by atoms with Crippen LogP contribution in [0.15, 0.2) is 35.8 Å². The Morgan fingerprint density at radius 2 is 1.95 bits per heavy atom. The van der Waals surface area contributed by atoms with Crippen molar-refractivity contribution in [2.45, 2.75) is 19.8 Å². The highest BCUT2D eigenvalue weighted by atomic mass is 32.2. The summed E-state index contributed by atoms with van der Waals surface area (Å²) < 4.78 is 26.4. The van der Waals surface area contributed by atoms with Crippen molar-refractivity contribution in [2.24, 2.45) is 5.92 Å². The van der Waals surface area contributed by atoms with Gasteiger partial charge in [-0.05, 0) is 31.9 Å². The number of hydrogen-bond donors (Lipinski definition) is 1. The summed E-state index contributed by atoms with van der Waals surface area (Å²) in [5.41, 5.74) is 0. The molecule has 0 bridgehead atoms. The second kappa shape index (κ2) is 7.40. The van der Waals surface area contributed by atoms with Gasteiger partial charge in [0.05, 0.1) is 4.91 Å². The topological polar surface area (TPSA) is 66.5 Å². The summed E-state index contributed by atoms with van der Waals surface area (Å²) >= 11 is 0. The van der Waals surface area contributed by atoms with Gasteiger partial charge in [0.25, 0.3) is 0 Å².